The Morgan fingerprint density at radius 2 is 2.25 bits per heavy atom. The lowest BCUT2D eigenvalue weighted by Crippen LogP contribution is -2.44. The number of ether oxygens (including phenoxy) is 1. The average molecular weight is 299 g/mol. The monoisotopic (exact) mass is 299 g/mol. The van der Waals surface area contributed by atoms with Gasteiger partial charge in [-0.3, -0.25) is 0 Å². The van der Waals surface area contributed by atoms with Crippen LogP contribution < -0.4 is 0 Å². The number of rotatable bonds is 4. The second-order valence-corrected chi connectivity index (χ2v) is 6.98. The van der Waals surface area contributed by atoms with Crippen LogP contribution in [0.1, 0.15) is 31.9 Å². The van der Waals surface area contributed by atoms with Crippen LogP contribution in [0, 0.1) is 0 Å². The van der Waals surface area contributed by atoms with Crippen LogP contribution in [0.5, 0.6) is 0 Å². The summed E-state index contributed by atoms with van der Waals surface area (Å²) in [5.41, 5.74) is 0.634. The Labute approximate surface area is 120 Å². The first-order valence-corrected chi connectivity index (χ1v) is 8.29. The van der Waals surface area contributed by atoms with E-state index in [2.05, 4.69) is 0 Å². The standard InChI is InChI=1S/C14H21NO4S/c1-3-14(16)12-5-4-6-13(9-12)20(17,18)15-7-8-19-11(2)10-15/h4-6,9,11,14,16H,3,7-8,10H2,1-2H3. The van der Waals surface area contributed by atoms with Crippen molar-refractivity contribution in [3.8, 4) is 0 Å². The molecule has 112 valence electrons. The lowest BCUT2D eigenvalue weighted by molar-refractivity contribution is 0.0102. The van der Waals surface area contributed by atoms with E-state index in [0.29, 0.717) is 31.7 Å². The molecule has 0 amide bonds. The first-order valence-electron chi connectivity index (χ1n) is 6.85. The summed E-state index contributed by atoms with van der Waals surface area (Å²) in [7, 11) is -3.52. The van der Waals surface area contributed by atoms with E-state index in [1.54, 1.807) is 24.3 Å². The first-order chi connectivity index (χ1) is 9.45. The number of morpholine rings is 1. The molecule has 1 heterocycles. The Morgan fingerprint density at radius 1 is 1.50 bits per heavy atom. The maximum atomic E-state index is 12.6. The normalized spacial score (nSPS) is 22.6. The number of nitrogens with zero attached hydrogens (tertiary/aromatic N) is 1. The topological polar surface area (TPSA) is 66.8 Å². The Balaban J connectivity index is 2.29. The molecule has 6 heteroatoms. The Morgan fingerprint density at radius 3 is 2.90 bits per heavy atom. The number of aliphatic hydroxyl groups excluding tert-OH is 1. The summed E-state index contributed by atoms with van der Waals surface area (Å²) in [6, 6.07) is 6.55. The quantitative estimate of drug-likeness (QED) is 0.916. The molecule has 1 aliphatic rings. The molecule has 2 unspecified atom stereocenters. The maximum absolute atomic E-state index is 12.6. The molecule has 1 saturated heterocycles. The van der Waals surface area contributed by atoms with Crippen molar-refractivity contribution in [2.45, 2.75) is 37.4 Å². The molecular weight excluding hydrogens is 278 g/mol. The van der Waals surface area contributed by atoms with Gasteiger partial charge in [-0.15, -0.1) is 0 Å². The van der Waals surface area contributed by atoms with Crippen molar-refractivity contribution in [2.24, 2.45) is 0 Å². The zero-order valence-electron chi connectivity index (χ0n) is 11.8. The predicted molar refractivity (Wildman–Crippen MR) is 75.9 cm³/mol. The molecule has 1 fully saturated rings. The van der Waals surface area contributed by atoms with Gasteiger partial charge in [-0.25, -0.2) is 8.42 Å². The molecule has 1 aromatic carbocycles. The molecule has 1 N–H and O–H groups in total. The molecule has 0 saturated carbocycles. The van der Waals surface area contributed by atoms with Gasteiger partial charge >= 0.3 is 0 Å². The van der Waals surface area contributed by atoms with Crippen LogP contribution in [0.15, 0.2) is 29.2 Å². The molecule has 0 bridgehead atoms. The van der Waals surface area contributed by atoms with Crippen molar-refractivity contribution < 1.29 is 18.3 Å². The highest BCUT2D eigenvalue weighted by atomic mass is 32.2. The highest BCUT2D eigenvalue weighted by Gasteiger charge is 2.29. The number of benzene rings is 1. The number of aliphatic hydroxyl groups is 1. The van der Waals surface area contributed by atoms with E-state index in [1.165, 1.54) is 4.31 Å². The van der Waals surface area contributed by atoms with E-state index in [-0.39, 0.29) is 11.0 Å². The van der Waals surface area contributed by atoms with Crippen LogP contribution in [0.2, 0.25) is 0 Å². The third kappa shape index (κ3) is 3.20. The van der Waals surface area contributed by atoms with E-state index in [1.807, 2.05) is 13.8 Å². The zero-order valence-corrected chi connectivity index (χ0v) is 12.6. The zero-order chi connectivity index (χ0) is 14.8. The molecule has 0 aromatic heterocycles. The molecule has 0 spiro atoms. The van der Waals surface area contributed by atoms with E-state index >= 15 is 0 Å². The minimum Gasteiger partial charge on any atom is -0.388 e. The van der Waals surface area contributed by atoms with Gasteiger partial charge in [0.15, 0.2) is 0 Å². The maximum Gasteiger partial charge on any atom is 0.243 e. The number of sulfonamides is 1. The van der Waals surface area contributed by atoms with Crippen LogP contribution in [-0.2, 0) is 14.8 Å². The summed E-state index contributed by atoms with van der Waals surface area (Å²) in [4.78, 5) is 0.233. The molecule has 0 radical (unpaired) electrons. The summed E-state index contributed by atoms with van der Waals surface area (Å²) in [6.45, 7) is 4.86. The fraction of sp³-hybridized carbons (Fsp3) is 0.571. The van der Waals surface area contributed by atoms with Gasteiger partial charge < -0.3 is 9.84 Å². The number of hydrogen-bond acceptors (Lipinski definition) is 4. The molecule has 1 aromatic rings. The Kier molecular flexibility index (Phi) is 4.80. The van der Waals surface area contributed by atoms with E-state index in [9.17, 15) is 13.5 Å². The Hall–Kier alpha value is -0.950. The summed E-state index contributed by atoms with van der Waals surface area (Å²) in [6.07, 6.45) is -0.172. The Bertz CT molecular complexity index is 558. The average Bonchev–Trinajstić information content (AvgIpc) is 2.46. The molecule has 20 heavy (non-hydrogen) atoms. The SMILES string of the molecule is CCC(O)c1cccc(S(=O)(=O)N2CCOC(C)C2)c1. The number of hydrogen-bond donors (Lipinski definition) is 1. The highest BCUT2D eigenvalue weighted by Crippen LogP contribution is 2.23. The minimum atomic E-state index is -3.52. The van der Waals surface area contributed by atoms with Crippen molar-refractivity contribution in [1.82, 2.24) is 4.31 Å². The second kappa shape index (κ2) is 6.22. The predicted octanol–water partition coefficient (Wildman–Crippen LogP) is 1.54. The van der Waals surface area contributed by atoms with Gasteiger partial charge in [0, 0.05) is 13.1 Å². The summed E-state index contributed by atoms with van der Waals surface area (Å²) in [5, 5.41) is 9.84. The van der Waals surface area contributed by atoms with Crippen LogP contribution in [0.4, 0.5) is 0 Å². The van der Waals surface area contributed by atoms with E-state index in [0.717, 1.165) is 0 Å². The second-order valence-electron chi connectivity index (χ2n) is 5.04. The summed E-state index contributed by atoms with van der Waals surface area (Å²) >= 11 is 0. The third-order valence-electron chi connectivity index (χ3n) is 3.47. The van der Waals surface area contributed by atoms with Gasteiger partial charge in [0.2, 0.25) is 10.0 Å². The molecule has 0 aliphatic carbocycles. The molecular formula is C14H21NO4S. The van der Waals surface area contributed by atoms with Crippen molar-refractivity contribution in [3.63, 3.8) is 0 Å². The minimum absolute atomic E-state index is 0.0945. The van der Waals surface area contributed by atoms with Crippen molar-refractivity contribution in [2.75, 3.05) is 19.7 Å². The smallest absolute Gasteiger partial charge is 0.243 e. The molecule has 1 aliphatic heterocycles. The van der Waals surface area contributed by atoms with Crippen molar-refractivity contribution in [1.29, 1.82) is 0 Å². The lowest BCUT2D eigenvalue weighted by atomic mass is 10.1. The molecule has 2 atom stereocenters. The molecule has 5 nitrogen and oxygen atoms in total. The highest BCUT2D eigenvalue weighted by molar-refractivity contribution is 7.89. The first kappa shape index (κ1) is 15.4. The van der Waals surface area contributed by atoms with Crippen LogP contribution >= 0.6 is 0 Å². The fourth-order valence-electron chi connectivity index (χ4n) is 2.27. The fourth-order valence-corrected chi connectivity index (χ4v) is 3.83. The van der Waals surface area contributed by atoms with Crippen LogP contribution in [-0.4, -0.2) is 43.6 Å². The van der Waals surface area contributed by atoms with Gasteiger partial charge in [-0.05, 0) is 31.0 Å². The largest absolute Gasteiger partial charge is 0.388 e. The lowest BCUT2D eigenvalue weighted by Gasteiger charge is -2.30. The van der Waals surface area contributed by atoms with Crippen molar-refractivity contribution >= 4 is 10.0 Å². The van der Waals surface area contributed by atoms with Gasteiger partial charge in [-0.2, -0.15) is 4.31 Å². The van der Waals surface area contributed by atoms with Gasteiger partial charge in [0.05, 0.1) is 23.7 Å². The van der Waals surface area contributed by atoms with E-state index in [4.69, 9.17) is 4.74 Å². The van der Waals surface area contributed by atoms with Crippen molar-refractivity contribution in [3.05, 3.63) is 29.8 Å². The van der Waals surface area contributed by atoms with Crippen LogP contribution in [0.3, 0.4) is 0 Å². The van der Waals surface area contributed by atoms with Gasteiger partial charge in [-0.1, -0.05) is 19.1 Å². The third-order valence-corrected chi connectivity index (χ3v) is 5.33. The van der Waals surface area contributed by atoms with Crippen LogP contribution in [0.25, 0.3) is 0 Å². The summed E-state index contributed by atoms with van der Waals surface area (Å²) in [5.74, 6) is 0. The van der Waals surface area contributed by atoms with Gasteiger partial charge in [0.1, 0.15) is 0 Å². The van der Waals surface area contributed by atoms with Gasteiger partial charge in [0.25, 0.3) is 0 Å². The summed E-state index contributed by atoms with van der Waals surface area (Å²) < 4.78 is 32.0. The van der Waals surface area contributed by atoms with E-state index < -0.39 is 16.1 Å². The molecule has 2 rings (SSSR count).